The maximum absolute atomic E-state index is 13.1. The Bertz CT molecular complexity index is 875. The van der Waals surface area contributed by atoms with Gasteiger partial charge in [0.25, 0.3) is 0 Å². The van der Waals surface area contributed by atoms with Crippen molar-refractivity contribution in [3.8, 4) is 0 Å². The van der Waals surface area contributed by atoms with Gasteiger partial charge in [-0.2, -0.15) is 0 Å². The van der Waals surface area contributed by atoms with Gasteiger partial charge in [0, 0.05) is 17.3 Å². The third-order valence-electron chi connectivity index (χ3n) is 8.81. The molecule has 5 nitrogen and oxygen atoms in total. The molecule has 0 heterocycles. The summed E-state index contributed by atoms with van der Waals surface area (Å²) >= 11 is 6.25. The summed E-state index contributed by atoms with van der Waals surface area (Å²) in [6.07, 6.45) is 6.52. The first-order chi connectivity index (χ1) is 14.5. The number of halogens is 1. The molecule has 0 aromatic heterocycles. The van der Waals surface area contributed by atoms with Crippen LogP contribution in [0.1, 0.15) is 59.8 Å². The Morgan fingerprint density at radius 2 is 2.03 bits per heavy atom. The van der Waals surface area contributed by atoms with Gasteiger partial charge in [-0.15, -0.1) is 0 Å². The van der Waals surface area contributed by atoms with E-state index in [9.17, 15) is 19.5 Å². The largest absolute Gasteiger partial charge is 0.460 e. The molecule has 4 aliphatic carbocycles. The lowest BCUT2D eigenvalue weighted by Crippen LogP contribution is -2.56. The van der Waals surface area contributed by atoms with Gasteiger partial charge in [-0.05, 0) is 61.3 Å². The van der Waals surface area contributed by atoms with Crippen molar-refractivity contribution >= 4 is 29.1 Å². The zero-order valence-corrected chi connectivity index (χ0v) is 19.6. The molecule has 0 unspecified atom stereocenters. The number of aliphatic hydroxyl groups is 1. The monoisotopic (exact) mass is 448 g/mol. The molecule has 170 valence electrons. The van der Waals surface area contributed by atoms with Gasteiger partial charge in [-0.25, -0.2) is 4.79 Å². The first-order valence-corrected chi connectivity index (χ1v) is 11.9. The highest BCUT2D eigenvalue weighted by atomic mass is 35.5. The number of carbonyl (C=O) groups is 3. The third-order valence-corrected chi connectivity index (χ3v) is 9.11. The van der Waals surface area contributed by atoms with E-state index in [2.05, 4.69) is 13.8 Å². The van der Waals surface area contributed by atoms with Crippen LogP contribution in [0.5, 0.6) is 0 Å². The molecule has 0 bridgehead atoms. The standard InChI is InChI=1S/C25H33ClO5/c1-5-8-31-23(30)22(29)20-13(2)9-16-15-7-6-14-10-18(27)17(26)11-24(14,3)21(15)19(28)12-25(16,20)4/h10-11,13,15-16,19-21,28H,5-9,12H2,1-4H3/t13-,15+,16+,19+,20-,21-,24+,25+/m1/s1. The van der Waals surface area contributed by atoms with Crippen LogP contribution in [0, 0.1) is 40.4 Å². The van der Waals surface area contributed by atoms with Crippen LogP contribution in [0.15, 0.2) is 22.8 Å². The smallest absolute Gasteiger partial charge is 0.374 e. The maximum atomic E-state index is 13.1. The number of aliphatic hydroxyl groups excluding tert-OH is 1. The van der Waals surface area contributed by atoms with E-state index in [-0.39, 0.29) is 41.1 Å². The normalized spacial score (nSPS) is 43.9. The number of hydrogen-bond acceptors (Lipinski definition) is 5. The average molecular weight is 449 g/mol. The van der Waals surface area contributed by atoms with E-state index in [1.807, 2.05) is 19.9 Å². The minimum Gasteiger partial charge on any atom is -0.460 e. The van der Waals surface area contributed by atoms with Gasteiger partial charge >= 0.3 is 5.97 Å². The van der Waals surface area contributed by atoms with E-state index in [4.69, 9.17) is 16.3 Å². The fourth-order valence-corrected chi connectivity index (χ4v) is 7.98. The second-order valence-electron chi connectivity index (χ2n) is 10.6. The summed E-state index contributed by atoms with van der Waals surface area (Å²) in [5.74, 6) is -1.34. The predicted octanol–water partition coefficient (Wildman–Crippen LogP) is 4.22. The van der Waals surface area contributed by atoms with Crippen LogP contribution < -0.4 is 0 Å². The Labute approximate surface area is 189 Å². The number of ketones is 2. The maximum Gasteiger partial charge on any atom is 0.374 e. The summed E-state index contributed by atoms with van der Waals surface area (Å²) in [5, 5.41) is 11.6. The van der Waals surface area contributed by atoms with Crippen molar-refractivity contribution in [1.82, 2.24) is 0 Å². The zero-order valence-electron chi connectivity index (χ0n) is 18.8. The molecular weight excluding hydrogens is 416 g/mol. The molecule has 0 aromatic carbocycles. The number of esters is 1. The van der Waals surface area contributed by atoms with Gasteiger partial charge in [0.2, 0.25) is 5.78 Å². The summed E-state index contributed by atoms with van der Waals surface area (Å²) < 4.78 is 5.17. The van der Waals surface area contributed by atoms with Crippen LogP contribution in [0.25, 0.3) is 0 Å². The summed E-state index contributed by atoms with van der Waals surface area (Å²) in [4.78, 5) is 37.7. The number of hydrogen-bond donors (Lipinski definition) is 1. The van der Waals surface area contributed by atoms with Crippen LogP contribution >= 0.6 is 11.6 Å². The predicted molar refractivity (Wildman–Crippen MR) is 117 cm³/mol. The number of rotatable bonds is 4. The molecule has 0 amide bonds. The van der Waals surface area contributed by atoms with Crippen molar-refractivity contribution in [2.45, 2.75) is 65.9 Å². The summed E-state index contributed by atoms with van der Waals surface area (Å²) in [7, 11) is 0. The molecule has 4 aliphatic rings. The topological polar surface area (TPSA) is 80.7 Å². The van der Waals surface area contributed by atoms with Crippen LogP contribution in [-0.4, -0.2) is 35.4 Å². The second-order valence-corrected chi connectivity index (χ2v) is 11.0. The fourth-order valence-electron chi connectivity index (χ4n) is 7.70. The SMILES string of the molecule is CCCOC(=O)C(=O)[C@H]1[C@H](C)C[C@H]2[C@@H]3CCC4=CC(=O)C(Cl)=C[C@]4(C)[C@H]3[C@@H](O)C[C@@]21C. The van der Waals surface area contributed by atoms with E-state index in [1.54, 1.807) is 6.08 Å². The molecule has 1 N–H and O–H groups in total. The van der Waals surface area contributed by atoms with Crippen LogP contribution in [0.4, 0.5) is 0 Å². The first-order valence-electron chi connectivity index (χ1n) is 11.6. The van der Waals surface area contributed by atoms with E-state index >= 15 is 0 Å². The second kappa shape index (κ2) is 7.84. The molecule has 0 saturated heterocycles. The van der Waals surface area contributed by atoms with E-state index < -0.39 is 34.6 Å². The highest BCUT2D eigenvalue weighted by Gasteiger charge is 2.65. The first kappa shape index (κ1) is 22.7. The lowest BCUT2D eigenvalue weighted by molar-refractivity contribution is -0.162. The molecule has 31 heavy (non-hydrogen) atoms. The molecule has 8 atom stereocenters. The molecule has 0 aromatic rings. The zero-order chi connectivity index (χ0) is 22.7. The van der Waals surface area contributed by atoms with Crippen molar-refractivity contribution in [1.29, 1.82) is 0 Å². The lowest BCUT2D eigenvalue weighted by atomic mass is 9.46. The van der Waals surface area contributed by atoms with E-state index in [0.717, 1.165) is 24.8 Å². The number of allylic oxidation sites excluding steroid dienone is 4. The molecule has 3 saturated carbocycles. The van der Waals surface area contributed by atoms with Crippen molar-refractivity contribution in [2.24, 2.45) is 40.4 Å². The van der Waals surface area contributed by atoms with Gasteiger partial charge in [-0.1, -0.05) is 50.9 Å². The van der Waals surface area contributed by atoms with Gasteiger partial charge in [0.05, 0.1) is 17.7 Å². The molecular formula is C25H33ClO5. The van der Waals surface area contributed by atoms with Gasteiger partial charge in [-0.3, -0.25) is 9.59 Å². The van der Waals surface area contributed by atoms with Crippen LogP contribution in [0.3, 0.4) is 0 Å². The average Bonchev–Trinajstić information content (AvgIpc) is 2.96. The van der Waals surface area contributed by atoms with Crippen molar-refractivity contribution in [3.63, 3.8) is 0 Å². The molecule has 6 heteroatoms. The molecule has 4 rings (SSSR count). The van der Waals surface area contributed by atoms with Crippen molar-refractivity contribution in [3.05, 3.63) is 22.8 Å². The lowest BCUT2D eigenvalue weighted by Gasteiger charge is -2.58. The molecule has 0 radical (unpaired) electrons. The quantitative estimate of drug-likeness (QED) is 0.514. The summed E-state index contributed by atoms with van der Waals surface area (Å²) in [6.45, 7) is 8.36. The molecule has 0 spiro atoms. The van der Waals surface area contributed by atoms with Gasteiger partial charge < -0.3 is 9.84 Å². The minimum absolute atomic E-state index is 0.0550. The summed E-state index contributed by atoms with van der Waals surface area (Å²) in [6, 6.07) is 0. The number of carbonyl (C=O) groups excluding carboxylic acids is 3. The Balaban J connectivity index is 1.67. The van der Waals surface area contributed by atoms with E-state index in [0.29, 0.717) is 12.8 Å². The van der Waals surface area contributed by atoms with Crippen molar-refractivity contribution < 1.29 is 24.2 Å². The van der Waals surface area contributed by atoms with Gasteiger partial charge in [0.1, 0.15) is 0 Å². The Morgan fingerprint density at radius 3 is 2.71 bits per heavy atom. The number of fused-ring (bicyclic) bond motifs is 5. The Morgan fingerprint density at radius 1 is 1.32 bits per heavy atom. The van der Waals surface area contributed by atoms with Gasteiger partial charge in [0.15, 0.2) is 5.78 Å². The highest BCUT2D eigenvalue weighted by molar-refractivity contribution is 6.44. The number of Topliss-reactive ketones (excluding diaryl/α,β-unsaturated/α-hetero) is 1. The van der Waals surface area contributed by atoms with Crippen molar-refractivity contribution in [2.75, 3.05) is 6.61 Å². The molecule has 0 aliphatic heterocycles. The Kier molecular flexibility index (Phi) is 5.75. The fraction of sp³-hybridized carbons (Fsp3) is 0.720. The van der Waals surface area contributed by atoms with E-state index in [1.165, 1.54) is 0 Å². The van der Waals surface area contributed by atoms with Crippen LogP contribution in [0.2, 0.25) is 0 Å². The Hall–Kier alpha value is -1.46. The number of ether oxygens (including phenoxy) is 1. The third kappa shape index (κ3) is 3.34. The summed E-state index contributed by atoms with van der Waals surface area (Å²) in [5.41, 5.74) is 0.144. The highest BCUT2D eigenvalue weighted by Crippen LogP contribution is 2.67. The molecule has 3 fully saturated rings. The van der Waals surface area contributed by atoms with Crippen LogP contribution in [-0.2, 0) is 19.1 Å². The minimum atomic E-state index is -0.737.